The van der Waals surface area contributed by atoms with Crippen molar-refractivity contribution in [2.24, 2.45) is 0 Å². The number of amides is 1. The first kappa shape index (κ1) is 21.7. The van der Waals surface area contributed by atoms with Crippen molar-refractivity contribution in [2.45, 2.75) is 25.0 Å². The number of rotatable bonds is 10. The highest BCUT2D eigenvalue weighted by molar-refractivity contribution is 7.99. The van der Waals surface area contributed by atoms with Crippen LogP contribution in [0.3, 0.4) is 0 Å². The van der Waals surface area contributed by atoms with Gasteiger partial charge in [0.05, 0.1) is 5.75 Å². The molecule has 0 saturated carbocycles. The van der Waals surface area contributed by atoms with E-state index >= 15 is 0 Å². The van der Waals surface area contributed by atoms with Gasteiger partial charge in [0.15, 0.2) is 16.8 Å². The normalized spacial score (nSPS) is 10.7. The maximum Gasteiger partial charge on any atom is 0.234 e. The molecule has 0 unspecified atom stereocenters. The Hall–Kier alpha value is -3.04. The van der Waals surface area contributed by atoms with Crippen LogP contribution in [-0.4, -0.2) is 50.9 Å². The van der Waals surface area contributed by atoms with E-state index < -0.39 is 0 Å². The summed E-state index contributed by atoms with van der Waals surface area (Å²) in [5.41, 5.74) is 2.16. The van der Waals surface area contributed by atoms with E-state index in [0.29, 0.717) is 29.6 Å². The SMILES string of the molecule is COCCCn1c(SCC(=O)Nc2ccc(C(C)=O)cc2)nnc1-c1ccncc1. The van der Waals surface area contributed by atoms with Crippen molar-refractivity contribution in [1.29, 1.82) is 0 Å². The van der Waals surface area contributed by atoms with Crippen LogP contribution >= 0.6 is 11.8 Å². The summed E-state index contributed by atoms with van der Waals surface area (Å²) in [7, 11) is 1.67. The number of nitrogens with zero attached hydrogens (tertiary/aromatic N) is 4. The van der Waals surface area contributed by atoms with Crippen molar-refractivity contribution in [3.05, 3.63) is 54.4 Å². The summed E-state index contributed by atoms with van der Waals surface area (Å²) in [6, 6.07) is 10.6. The molecule has 0 spiro atoms. The van der Waals surface area contributed by atoms with Crippen molar-refractivity contribution in [3.8, 4) is 11.4 Å². The maximum atomic E-state index is 12.4. The number of ether oxygens (including phenoxy) is 1. The third-order valence-corrected chi connectivity index (χ3v) is 5.26. The van der Waals surface area contributed by atoms with Crippen molar-refractivity contribution < 1.29 is 14.3 Å². The van der Waals surface area contributed by atoms with Gasteiger partial charge in [0.25, 0.3) is 0 Å². The lowest BCUT2D eigenvalue weighted by Crippen LogP contribution is -2.15. The Kier molecular flexibility index (Phi) is 7.69. The molecule has 0 radical (unpaired) electrons. The van der Waals surface area contributed by atoms with Gasteiger partial charge in [-0.15, -0.1) is 10.2 Å². The number of nitrogens with one attached hydrogen (secondary N) is 1. The highest BCUT2D eigenvalue weighted by atomic mass is 32.2. The van der Waals surface area contributed by atoms with Crippen molar-refractivity contribution in [2.75, 3.05) is 24.8 Å². The zero-order chi connectivity index (χ0) is 21.3. The van der Waals surface area contributed by atoms with E-state index in [0.717, 1.165) is 17.8 Å². The van der Waals surface area contributed by atoms with Crippen LogP contribution in [0, 0.1) is 0 Å². The van der Waals surface area contributed by atoms with Crippen LogP contribution in [0.15, 0.2) is 53.9 Å². The highest BCUT2D eigenvalue weighted by Crippen LogP contribution is 2.24. The number of carbonyl (C=O) groups is 2. The summed E-state index contributed by atoms with van der Waals surface area (Å²) >= 11 is 1.32. The van der Waals surface area contributed by atoms with Crippen LogP contribution in [0.25, 0.3) is 11.4 Å². The molecule has 0 atom stereocenters. The quantitative estimate of drug-likeness (QED) is 0.302. The molecule has 0 bridgehead atoms. The van der Waals surface area contributed by atoms with Crippen molar-refractivity contribution >= 4 is 29.1 Å². The Balaban J connectivity index is 1.67. The largest absolute Gasteiger partial charge is 0.385 e. The molecule has 1 amide bonds. The van der Waals surface area contributed by atoms with E-state index in [2.05, 4.69) is 20.5 Å². The monoisotopic (exact) mass is 425 g/mol. The molecular weight excluding hydrogens is 402 g/mol. The number of methoxy groups -OCH3 is 1. The van der Waals surface area contributed by atoms with E-state index in [1.54, 1.807) is 43.8 Å². The molecule has 1 aromatic carbocycles. The van der Waals surface area contributed by atoms with Gasteiger partial charge < -0.3 is 14.6 Å². The Morgan fingerprint density at radius 2 is 1.83 bits per heavy atom. The van der Waals surface area contributed by atoms with Gasteiger partial charge in [-0.1, -0.05) is 11.8 Å². The van der Waals surface area contributed by atoms with Gasteiger partial charge in [0.2, 0.25) is 5.91 Å². The van der Waals surface area contributed by atoms with E-state index in [1.165, 1.54) is 18.7 Å². The number of hydrogen-bond acceptors (Lipinski definition) is 7. The fraction of sp³-hybridized carbons (Fsp3) is 0.286. The minimum Gasteiger partial charge on any atom is -0.385 e. The number of ketones is 1. The predicted octanol–water partition coefficient (Wildman–Crippen LogP) is 3.31. The Bertz CT molecular complexity index is 990. The summed E-state index contributed by atoms with van der Waals surface area (Å²) in [6.45, 7) is 2.80. The maximum absolute atomic E-state index is 12.4. The minimum absolute atomic E-state index is 0.0127. The average molecular weight is 426 g/mol. The zero-order valence-corrected chi connectivity index (χ0v) is 17.7. The Morgan fingerprint density at radius 3 is 2.50 bits per heavy atom. The van der Waals surface area contributed by atoms with Crippen LogP contribution in [0.2, 0.25) is 0 Å². The molecule has 30 heavy (non-hydrogen) atoms. The summed E-state index contributed by atoms with van der Waals surface area (Å²) in [6.07, 6.45) is 4.22. The Morgan fingerprint density at radius 1 is 1.10 bits per heavy atom. The van der Waals surface area contributed by atoms with Crippen LogP contribution in [0.4, 0.5) is 5.69 Å². The minimum atomic E-state index is -0.160. The lowest BCUT2D eigenvalue weighted by atomic mass is 10.1. The fourth-order valence-corrected chi connectivity index (χ4v) is 3.56. The van der Waals surface area contributed by atoms with Gasteiger partial charge in [-0.05, 0) is 49.7 Å². The molecule has 3 rings (SSSR count). The first-order valence-corrected chi connectivity index (χ1v) is 10.4. The fourth-order valence-electron chi connectivity index (χ4n) is 2.79. The number of aromatic nitrogens is 4. The van der Waals surface area contributed by atoms with Gasteiger partial charge in [0.1, 0.15) is 0 Å². The lowest BCUT2D eigenvalue weighted by molar-refractivity contribution is -0.113. The number of hydrogen-bond donors (Lipinski definition) is 1. The van der Waals surface area contributed by atoms with Gasteiger partial charge in [-0.2, -0.15) is 0 Å². The third-order valence-electron chi connectivity index (χ3n) is 4.29. The summed E-state index contributed by atoms with van der Waals surface area (Å²) < 4.78 is 7.15. The molecule has 2 heterocycles. The number of pyridine rings is 1. The summed E-state index contributed by atoms with van der Waals surface area (Å²) in [5, 5.41) is 12.1. The third kappa shape index (κ3) is 5.74. The predicted molar refractivity (Wildman–Crippen MR) is 116 cm³/mol. The second-order valence-electron chi connectivity index (χ2n) is 6.51. The van der Waals surface area contributed by atoms with Crippen LogP contribution in [0.5, 0.6) is 0 Å². The van der Waals surface area contributed by atoms with E-state index in [9.17, 15) is 9.59 Å². The molecule has 156 valence electrons. The number of benzene rings is 1. The van der Waals surface area contributed by atoms with Crippen LogP contribution in [-0.2, 0) is 16.1 Å². The number of anilines is 1. The molecule has 2 aromatic heterocycles. The number of thioether (sulfide) groups is 1. The molecule has 0 fully saturated rings. The molecule has 0 aliphatic rings. The van der Waals surface area contributed by atoms with E-state index in [1.807, 2.05) is 16.7 Å². The Labute approximate surface area is 179 Å². The number of Topliss-reactive ketones (excluding diaryl/α,β-unsaturated/α-hetero) is 1. The molecular formula is C21H23N5O3S. The summed E-state index contributed by atoms with van der Waals surface area (Å²) in [4.78, 5) is 27.8. The molecule has 3 aromatic rings. The van der Waals surface area contributed by atoms with Crippen LogP contribution < -0.4 is 5.32 Å². The zero-order valence-electron chi connectivity index (χ0n) is 16.9. The van der Waals surface area contributed by atoms with E-state index in [-0.39, 0.29) is 17.4 Å². The smallest absolute Gasteiger partial charge is 0.234 e. The number of carbonyl (C=O) groups excluding carboxylic acids is 2. The molecule has 9 heteroatoms. The van der Waals surface area contributed by atoms with E-state index in [4.69, 9.17) is 4.74 Å². The molecule has 0 saturated heterocycles. The average Bonchev–Trinajstić information content (AvgIpc) is 3.16. The standard InChI is InChI=1S/C21H23N5O3S/c1-15(27)16-4-6-18(7-5-16)23-19(28)14-30-21-25-24-20(17-8-10-22-11-9-17)26(21)12-3-13-29-2/h4-11H,3,12-14H2,1-2H3,(H,23,28). The first-order chi connectivity index (χ1) is 14.6. The van der Waals surface area contributed by atoms with Crippen molar-refractivity contribution in [3.63, 3.8) is 0 Å². The first-order valence-electron chi connectivity index (χ1n) is 9.44. The molecule has 1 N–H and O–H groups in total. The van der Waals surface area contributed by atoms with Crippen molar-refractivity contribution in [1.82, 2.24) is 19.7 Å². The van der Waals surface area contributed by atoms with Gasteiger partial charge >= 0.3 is 0 Å². The molecule has 8 nitrogen and oxygen atoms in total. The molecule has 0 aliphatic heterocycles. The second kappa shape index (κ2) is 10.7. The topological polar surface area (TPSA) is 99.0 Å². The second-order valence-corrected chi connectivity index (χ2v) is 7.45. The van der Waals surface area contributed by atoms with Gasteiger partial charge in [-0.25, -0.2) is 0 Å². The molecule has 0 aliphatic carbocycles. The van der Waals surface area contributed by atoms with Gasteiger partial charge in [-0.3, -0.25) is 14.6 Å². The highest BCUT2D eigenvalue weighted by Gasteiger charge is 2.15. The summed E-state index contributed by atoms with van der Waals surface area (Å²) in [5.74, 6) is 0.748. The van der Waals surface area contributed by atoms with Crippen LogP contribution in [0.1, 0.15) is 23.7 Å². The lowest BCUT2D eigenvalue weighted by Gasteiger charge is -2.10. The van der Waals surface area contributed by atoms with Gasteiger partial charge in [0, 0.05) is 49.5 Å².